The molecule has 1 N–H and O–H groups in total. The number of aliphatic hydroxyl groups is 1. The van der Waals surface area contributed by atoms with Crippen molar-refractivity contribution in [2.75, 3.05) is 4.90 Å². The van der Waals surface area contributed by atoms with Crippen molar-refractivity contribution in [2.24, 2.45) is 0 Å². The van der Waals surface area contributed by atoms with Crippen LogP contribution in [0.1, 0.15) is 79.3 Å². The van der Waals surface area contributed by atoms with Gasteiger partial charge in [0.05, 0.1) is 6.10 Å². The molecular formula is C25H35ClN4O6. The first-order valence-electron chi connectivity index (χ1n) is 12.7. The number of fused-ring (bicyclic) bond motifs is 2. The van der Waals surface area contributed by atoms with E-state index in [1.807, 2.05) is 41.5 Å². The average Bonchev–Trinajstić information content (AvgIpc) is 3.52. The minimum absolute atomic E-state index is 0.0735. The largest absolute Gasteiger partial charge is 0.443 e. The molecule has 2 aromatic rings. The Kier molecular flexibility index (Phi) is 6.27. The van der Waals surface area contributed by atoms with Gasteiger partial charge in [0.2, 0.25) is 11.1 Å². The Morgan fingerprint density at radius 3 is 2.58 bits per heavy atom. The number of rotatable bonds is 4. The van der Waals surface area contributed by atoms with Crippen LogP contribution in [0.5, 0.6) is 0 Å². The molecule has 4 atom stereocenters. The predicted octanol–water partition coefficient (Wildman–Crippen LogP) is 4.54. The SMILES string of the molecule is CC[C@H]1OC(O)(c2ccc3c(N(C(=O)OC(C)(C)C)C4CCCC4)nc(Cl)nn23)[C@@H]2OC(C)(C)O[C@@H]21. The number of amides is 1. The fourth-order valence-corrected chi connectivity index (χ4v) is 5.69. The predicted molar refractivity (Wildman–Crippen MR) is 132 cm³/mol. The zero-order valence-electron chi connectivity index (χ0n) is 21.7. The molecule has 0 bridgehead atoms. The van der Waals surface area contributed by atoms with Crippen LogP contribution >= 0.6 is 11.6 Å². The van der Waals surface area contributed by atoms with Gasteiger partial charge in [-0.2, -0.15) is 4.98 Å². The molecule has 36 heavy (non-hydrogen) atoms. The van der Waals surface area contributed by atoms with Gasteiger partial charge < -0.3 is 24.1 Å². The summed E-state index contributed by atoms with van der Waals surface area (Å²) in [6.45, 7) is 11.1. The molecule has 1 aliphatic carbocycles. The highest BCUT2D eigenvalue weighted by atomic mass is 35.5. The lowest BCUT2D eigenvalue weighted by Gasteiger charge is -2.32. The highest BCUT2D eigenvalue weighted by Gasteiger charge is 2.63. The molecule has 2 aliphatic heterocycles. The van der Waals surface area contributed by atoms with Gasteiger partial charge in [-0.25, -0.2) is 9.31 Å². The zero-order chi connectivity index (χ0) is 26.0. The molecule has 10 nitrogen and oxygen atoms in total. The first kappa shape index (κ1) is 25.7. The lowest BCUT2D eigenvalue weighted by atomic mass is 10.0. The summed E-state index contributed by atoms with van der Waals surface area (Å²) in [5, 5.41) is 16.2. The van der Waals surface area contributed by atoms with E-state index in [1.54, 1.807) is 17.0 Å². The Morgan fingerprint density at radius 1 is 1.25 bits per heavy atom. The lowest BCUT2D eigenvalue weighted by Crippen LogP contribution is -2.44. The minimum atomic E-state index is -1.84. The molecule has 5 rings (SSSR count). The number of carbonyl (C=O) groups is 1. The molecule has 11 heteroatoms. The highest BCUT2D eigenvalue weighted by molar-refractivity contribution is 6.28. The third kappa shape index (κ3) is 4.36. The van der Waals surface area contributed by atoms with Crippen LogP contribution in [0.4, 0.5) is 10.6 Å². The highest BCUT2D eigenvalue weighted by Crippen LogP contribution is 2.49. The van der Waals surface area contributed by atoms with Gasteiger partial charge in [0.25, 0.3) is 0 Å². The summed E-state index contributed by atoms with van der Waals surface area (Å²) in [6.07, 6.45) is 2.21. The van der Waals surface area contributed by atoms with Crippen LogP contribution in [0.15, 0.2) is 12.1 Å². The zero-order valence-corrected chi connectivity index (χ0v) is 22.4. The normalized spacial score (nSPS) is 30.2. The quantitative estimate of drug-likeness (QED) is 0.623. The molecule has 3 aliphatic rings. The van der Waals surface area contributed by atoms with Crippen LogP contribution in [0, 0.1) is 0 Å². The number of carbonyl (C=O) groups excluding carboxylic acids is 1. The van der Waals surface area contributed by atoms with Crippen LogP contribution in [-0.2, 0) is 24.7 Å². The summed E-state index contributed by atoms with van der Waals surface area (Å²) in [5.41, 5.74) is 0.141. The Bertz CT molecular complexity index is 1160. The summed E-state index contributed by atoms with van der Waals surface area (Å²) < 4.78 is 25.6. The van der Waals surface area contributed by atoms with E-state index >= 15 is 0 Å². The Balaban J connectivity index is 1.62. The first-order valence-corrected chi connectivity index (χ1v) is 13.0. The van der Waals surface area contributed by atoms with Gasteiger partial charge in [-0.1, -0.05) is 19.8 Å². The van der Waals surface area contributed by atoms with E-state index in [-0.39, 0.29) is 17.4 Å². The van der Waals surface area contributed by atoms with E-state index in [9.17, 15) is 9.90 Å². The maximum Gasteiger partial charge on any atom is 0.416 e. The number of hydrogen-bond donors (Lipinski definition) is 1. The van der Waals surface area contributed by atoms with Gasteiger partial charge in [0, 0.05) is 6.04 Å². The smallest absolute Gasteiger partial charge is 0.416 e. The van der Waals surface area contributed by atoms with E-state index < -0.39 is 35.5 Å². The van der Waals surface area contributed by atoms with Crippen molar-refractivity contribution in [1.29, 1.82) is 0 Å². The van der Waals surface area contributed by atoms with Crippen LogP contribution in [-0.4, -0.2) is 61.5 Å². The maximum absolute atomic E-state index is 13.4. The molecule has 1 amide bonds. The molecule has 4 heterocycles. The second-order valence-corrected chi connectivity index (χ2v) is 11.6. The minimum Gasteiger partial charge on any atom is -0.443 e. The molecule has 0 aromatic carbocycles. The van der Waals surface area contributed by atoms with Crippen LogP contribution in [0.25, 0.3) is 5.52 Å². The van der Waals surface area contributed by atoms with Crippen LogP contribution in [0.2, 0.25) is 5.28 Å². The number of hydrogen-bond acceptors (Lipinski definition) is 8. The fraction of sp³-hybridized carbons (Fsp3) is 0.720. The molecule has 0 radical (unpaired) electrons. The van der Waals surface area contributed by atoms with E-state index in [0.717, 1.165) is 25.7 Å². The van der Waals surface area contributed by atoms with Gasteiger partial charge in [-0.3, -0.25) is 4.90 Å². The van der Waals surface area contributed by atoms with Crippen LogP contribution < -0.4 is 4.90 Å². The van der Waals surface area contributed by atoms with Crippen molar-refractivity contribution >= 4 is 29.0 Å². The third-order valence-corrected chi connectivity index (χ3v) is 7.12. The standard InChI is InChI=1S/C25H35ClN4O6/c1-7-16-18-19(35-24(5,6)34-18)25(32,33-16)17-13-12-15-20(27-21(26)28-30(15)17)29(14-10-8-9-11-14)22(31)36-23(2,3)4/h12-14,16,18-19,32H,7-11H2,1-6H3/t16-,18-,19-,25?/m1/s1. The number of ether oxygens (including phenoxy) is 4. The van der Waals surface area contributed by atoms with Gasteiger partial charge in [-0.15, -0.1) is 5.10 Å². The monoisotopic (exact) mass is 522 g/mol. The molecule has 2 saturated heterocycles. The van der Waals surface area contributed by atoms with Crippen molar-refractivity contribution in [1.82, 2.24) is 14.6 Å². The lowest BCUT2D eigenvalue weighted by molar-refractivity contribution is -0.283. The Hall–Kier alpha value is -1.98. The second kappa shape index (κ2) is 8.80. The summed E-state index contributed by atoms with van der Waals surface area (Å²) >= 11 is 6.41. The number of nitrogens with zero attached hydrogens (tertiary/aromatic N) is 4. The average molecular weight is 523 g/mol. The van der Waals surface area contributed by atoms with Gasteiger partial charge in [0.15, 0.2) is 11.6 Å². The summed E-state index contributed by atoms with van der Waals surface area (Å²) in [4.78, 5) is 19.5. The number of halogens is 1. The van der Waals surface area contributed by atoms with Crippen molar-refractivity contribution in [3.05, 3.63) is 23.1 Å². The number of aromatic nitrogens is 3. The summed E-state index contributed by atoms with van der Waals surface area (Å²) in [5.74, 6) is -2.39. The van der Waals surface area contributed by atoms with Crippen molar-refractivity contribution in [2.45, 2.75) is 115 Å². The molecule has 2 aromatic heterocycles. The van der Waals surface area contributed by atoms with E-state index in [1.165, 1.54) is 4.52 Å². The second-order valence-electron chi connectivity index (χ2n) is 11.3. The molecular weight excluding hydrogens is 488 g/mol. The molecule has 198 valence electrons. The molecule has 0 spiro atoms. The van der Waals surface area contributed by atoms with E-state index in [4.69, 9.17) is 30.5 Å². The molecule has 3 fully saturated rings. The molecule has 1 saturated carbocycles. The van der Waals surface area contributed by atoms with Crippen LogP contribution in [0.3, 0.4) is 0 Å². The first-order chi connectivity index (χ1) is 16.8. The molecule has 1 unspecified atom stereocenters. The number of anilines is 1. The summed E-state index contributed by atoms with van der Waals surface area (Å²) in [7, 11) is 0. The van der Waals surface area contributed by atoms with Crippen molar-refractivity contribution in [3.8, 4) is 0 Å². The van der Waals surface area contributed by atoms with E-state index in [2.05, 4.69) is 10.1 Å². The van der Waals surface area contributed by atoms with Gasteiger partial charge >= 0.3 is 6.09 Å². The fourth-order valence-electron chi connectivity index (χ4n) is 5.54. The summed E-state index contributed by atoms with van der Waals surface area (Å²) in [6, 6.07) is 3.37. The van der Waals surface area contributed by atoms with Crippen molar-refractivity contribution < 1.29 is 28.8 Å². The maximum atomic E-state index is 13.4. The topological polar surface area (TPSA) is 108 Å². The van der Waals surface area contributed by atoms with E-state index in [0.29, 0.717) is 23.4 Å². The van der Waals surface area contributed by atoms with Crippen molar-refractivity contribution in [3.63, 3.8) is 0 Å². The van der Waals surface area contributed by atoms with Gasteiger partial charge in [0.1, 0.15) is 29.0 Å². The Labute approximate surface area is 215 Å². The van der Waals surface area contributed by atoms with Gasteiger partial charge in [-0.05, 0) is 77.6 Å². The third-order valence-electron chi connectivity index (χ3n) is 6.96. The Morgan fingerprint density at radius 2 is 1.94 bits per heavy atom.